The van der Waals surface area contributed by atoms with Gasteiger partial charge in [-0.2, -0.15) is 0 Å². The number of rotatable bonds is 3. The Morgan fingerprint density at radius 1 is 1.00 bits per heavy atom. The van der Waals surface area contributed by atoms with Crippen LogP contribution in [0.3, 0.4) is 0 Å². The molecule has 0 amide bonds. The Kier molecular flexibility index (Phi) is 3.53. The van der Waals surface area contributed by atoms with E-state index in [1.54, 1.807) is 13.0 Å². The molecule has 21 heavy (non-hydrogen) atoms. The molecule has 0 unspecified atom stereocenters. The minimum Gasteiger partial charge on any atom is -0.504 e. The molecule has 0 bridgehead atoms. The molecule has 0 saturated heterocycles. The van der Waals surface area contributed by atoms with Gasteiger partial charge in [0.25, 0.3) is 5.22 Å². The number of phenols is 2. The van der Waals surface area contributed by atoms with Gasteiger partial charge >= 0.3 is 0 Å². The molecule has 0 fully saturated rings. The second-order valence-electron chi connectivity index (χ2n) is 4.40. The Labute approximate surface area is 125 Å². The van der Waals surface area contributed by atoms with Crippen LogP contribution < -0.4 is 0 Å². The first-order valence-electron chi connectivity index (χ1n) is 6.23. The SMILES string of the molecule is Cc1c(Sc2nnc(-c3ccccc3)o2)ccc(O)c1O. The molecule has 3 rings (SSSR count). The van der Waals surface area contributed by atoms with E-state index in [-0.39, 0.29) is 11.5 Å². The summed E-state index contributed by atoms with van der Waals surface area (Å²) in [5.74, 6) is 0.161. The molecule has 3 aromatic rings. The monoisotopic (exact) mass is 300 g/mol. The Hall–Kier alpha value is -2.47. The fourth-order valence-corrected chi connectivity index (χ4v) is 2.60. The van der Waals surface area contributed by atoms with Crippen LogP contribution in [0.1, 0.15) is 5.56 Å². The number of aromatic nitrogens is 2. The van der Waals surface area contributed by atoms with Gasteiger partial charge in [-0.3, -0.25) is 0 Å². The van der Waals surface area contributed by atoms with Crippen molar-refractivity contribution in [1.29, 1.82) is 0 Å². The highest BCUT2D eigenvalue weighted by atomic mass is 32.2. The van der Waals surface area contributed by atoms with Crippen LogP contribution in [0, 0.1) is 6.92 Å². The molecule has 0 aliphatic heterocycles. The molecule has 0 atom stereocenters. The van der Waals surface area contributed by atoms with Gasteiger partial charge in [0.05, 0.1) is 0 Å². The molecular weight excluding hydrogens is 288 g/mol. The summed E-state index contributed by atoms with van der Waals surface area (Å²) >= 11 is 1.24. The van der Waals surface area contributed by atoms with Gasteiger partial charge in [0.1, 0.15) is 0 Å². The molecule has 2 N–H and O–H groups in total. The topological polar surface area (TPSA) is 79.4 Å². The summed E-state index contributed by atoms with van der Waals surface area (Å²) in [7, 11) is 0. The number of hydrogen-bond donors (Lipinski definition) is 2. The lowest BCUT2D eigenvalue weighted by atomic mass is 10.2. The lowest BCUT2D eigenvalue weighted by molar-refractivity contribution is 0.399. The van der Waals surface area contributed by atoms with E-state index in [1.165, 1.54) is 17.8 Å². The van der Waals surface area contributed by atoms with Crippen molar-refractivity contribution in [3.8, 4) is 23.0 Å². The molecule has 0 aliphatic carbocycles. The maximum Gasteiger partial charge on any atom is 0.281 e. The average Bonchev–Trinajstić information content (AvgIpc) is 2.97. The fraction of sp³-hybridized carbons (Fsp3) is 0.0667. The van der Waals surface area contributed by atoms with Crippen LogP contribution in [0.5, 0.6) is 11.5 Å². The summed E-state index contributed by atoms with van der Waals surface area (Å²) in [5, 5.41) is 27.5. The number of nitrogens with zero attached hydrogens (tertiary/aromatic N) is 2. The van der Waals surface area contributed by atoms with Gasteiger partial charge in [0, 0.05) is 16.0 Å². The maximum absolute atomic E-state index is 9.72. The highest BCUT2D eigenvalue weighted by Gasteiger charge is 2.14. The van der Waals surface area contributed by atoms with Crippen molar-refractivity contribution in [2.24, 2.45) is 0 Å². The molecular formula is C15H12N2O3S. The van der Waals surface area contributed by atoms with Crippen LogP contribution in [-0.4, -0.2) is 20.4 Å². The summed E-state index contributed by atoms with van der Waals surface area (Å²) in [6.45, 7) is 1.71. The predicted molar refractivity (Wildman–Crippen MR) is 78.4 cm³/mol. The lowest BCUT2D eigenvalue weighted by Crippen LogP contribution is -1.82. The van der Waals surface area contributed by atoms with Gasteiger partial charge in [-0.1, -0.05) is 18.2 Å². The Balaban J connectivity index is 1.87. The zero-order chi connectivity index (χ0) is 14.8. The van der Waals surface area contributed by atoms with Crippen molar-refractivity contribution in [3.05, 3.63) is 48.0 Å². The highest BCUT2D eigenvalue weighted by molar-refractivity contribution is 7.99. The first-order valence-corrected chi connectivity index (χ1v) is 7.05. The largest absolute Gasteiger partial charge is 0.504 e. The molecule has 0 spiro atoms. The fourth-order valence-electron chi connectivity index (χ4n) is 1.82. The molecule has 0 radical (unpaired) electrons. The van der Waals surface area contributed by atoms with Crippen LogP contribution in [0.15, 0.2) is 57.0 Å². The molecule has 6 heteroatoms. The minimum atomic E-state index is -0.146. The molecule has 1 heterocycles. The molecule has 5 nitrogen and oxygen atoms in total. The number of aromatic hydroxyl groups is 2. The van der Waals surface area contributed by atoms with E-state index >= 15 is 0 Å². The van der Waals surface area contributed by atoms with Crippen molar-refractivity contribution in [2.45, 2.75) is 17.0 Å². The van der Waals surface area contributed by atoms with Gasteiger partial charge in [-0.15, -0.1) is 10.2 Å². The maximum atomic E-state index is 9.72. The Morgan fingerprint density at radius 3 is 2.52 bits per heavy atom. The zero-order valence-corrected chi connectivity index (χ0v) is 12.0. The zero-order valence-electron chi connectivity index (χ0n) is 11.1. The van der Waals surface area contributed by atoms with Gasteiger partial charge in [0.15, 0.2) is 11.5 Å². The quantitative estimate of drug-likeness (QED) is 0.719. The van der Waals surface area contributed by atoms with Gasteiger partial charge < -0.3 is 14.6 Å². The van der Waals surface area contributed by atoms with E-state index in [9.17, 15) is 10.2 Å². The standard InChI is InChI=1S/C15H12N2O3S/c1-9-12(8-7-11(18)13(9)19)21-15-17-16-14(20-15)10-5-3-2-4-6-10/h2-8,18-19H,1H3. The normalized spacial score (nSPS) is 10.7. The number of phenolic OH excluding ortho intramolecular Hbond substituents is 2. The summed E-state index contributed by atoms with van der Waals surface area (Å²) in [6.07, 6.45) is 0. The smallest absolute Gasteiger partial charge is 0.281 e. The van der Waals surface area contributed by atoms with Crippen LogP contribution in [0.4, 0.5) is 0 Å². The van der Waals surface area contributed by atoms with E-state index < -0.39 is 0 Å². The minimum absolute atomic E-state index is 0.136. The van der Waals surface area contributed by atoms with Crippen LogP contribution in [0.2, 0.25) is 0 Å². The van der Waals surface area contributed by atoms with Gasteiger partial charge in [0.2, 0.25) is 5.89 Å². The predicted octanol–water partition coefficient (Wildman–Crippen LogP) is 3.61. The first kappa shape index (κ1) is 13.5. The highest BCUT2D eigenvalue weighted by Crippen LogP contribution is 2.38. The molecule has 0 saturated carbocycles. The lowest BCUT2D eigenvalue weighted by Gasteiger charge is -2.06. The number of benzene rings is 2. The van der Waals surface area contributed by atoms with Gasteiger partial charge in [-0.25, -0.2) is 0 Å². The summed E-state index contributed by atoms with van der Waals surface area (Å²) in [4.78, 5) is 0.744. The third-order valence-electron chi connectivity index (χ3n) is 2.98. The summed E-state index contributed by atoms with van der Waals surface area (Å²) < 4.78 is 5.60. The van der Waals surface area contributed by atoms with E-state index in [1.807, 2.05) is 30.3 Å². The number of hydrogen-bond acceptors (Lipinski definition) is 6. The third-order valence-corrected chi connectivity index (χ3v) is 3.99. The summed E-state index contributed by atoms with van der Waals surface area (Å²) in [6, 6.07) is 12.6. The second kappa shape index (κ2) is 5.49. The van der Waals surface area contributed by atoms with Gasteiger partial charge in [-0.05, 0) is 43.0 Å². The molecule has 0 aliphatic rings. The van der Waals surface area contributed by atoms with E-state index in [0.717, 1.165) is 10.5 Å². The second-order valence-corrected chi connectivity index (χ2v) is 5.39. The van der Waals surface area contributed by atoms with E-state index in [4.69, 9.17) is 4.42 Å². The summed E-state index contributed by atoms with van der Waals surface area (Å²) in [5.41, 5.74) is 1.42. The van der Waals surface area contributed by atoms with E-state index in [2.05, 4.69) is 10.2 Å². The van der Waals surface area contributed by atoms with Crippen molar-refractivity contribution in [2.75, 3.05) is 0 Å². The first-order chi connectivity index (χ1) is 10.1. The van der Waals surface area contributed by atoms with Crippen molar-refractivity contribution in [1.82, 2.24) is 10.2 Å². The van der Waals surface area contributed by atoms with Crippen molar-refractivity contribution >= 4 is 11.8 Å². The van der Waals surface area contributed by atoms with E-state index in [0.29, 0.717) is 16.7 Å². The molecule has 2 aromatic carbocycles. The van der Waals surface area contributed by atoms with Crippen LogP contribution in [0.25, 0.3) is 11.5 Å². The average molecular weight is 300 g/mol. The third kappa shape index (κ3) is 2.71. The van der Waals surface area contributed by atoms with Crippen LogP contribution in [-0.2, 0) is 0 Å². The Morgan fingerprint density at radius 2 is 1.76 bits per heavy atom. The van der Waals surface area contributed by atoms with Crippen molar-refractivity contribution in [3.63, 3.8) is 0 Å². The molecule has 1 aromatic heterocycles. The Bertz CT molecular complexity index is 772. The van der Waals surface area contributed by atoms with Crippen LogP contribution >= 0.6 is 11.8 Å². The molecule has 106 valence electrons. The van der Waals surface area contributed by atoms with Crippen molar-refractivity contribution < 1.29 is 14.6 Å².